The van der Waals surface area contributed by atoms with E-state index in [1.54, 1.807) is 23.9 Å². The van der Waals surface area contributed by atoms with Crippen LogP contribution in [0.4, 0.5) is 4.39 Å². The van der Waals surface area contributed by atoms with E-state index in [1.165, 1.54) is 28.8 Å². The Labute approximate surface area is 178 Å². The van der Waals surface area contributed by atoms with Crippen LogP contribution in [0.15, 0.2) is 42.5 Å². The molecule has 1 amide bonds. The number of carbonyl (C=O) groups is 1. The lowest BCUT2D eigenvalue weighted by molar-refractivity contribution is -0.132. The summed E-state index contributed by atoms with van der Waals surface area (Å²) in [6.07, 6.45) is 0. The third-order valence-corrected chi connectivity index (χ3v) is 6.51. The number of nitrogens with zero attached hydrogens (tertiary/aromatic N) is 2. The molecule has 29 heavy (non-hydrogen) atoms. The molecule has 1 aliphatic heterocycles. The highest BCUT2D eigenvalue weighted by Crippen LogP contribution is 2.38. The van der Waals surface area contributed by atoms with Crippen molar-refractivity contribution in [2.45, 2.75) is 39.6 Å². The molecule has 0 radical (unpaired) electrons. The molecule has 5 heteroatoms. The van der Waals surface area contributed by atoms with Crippen molar-refractivity contribution in [3.05, 3.63) is 70.5 Å². The minimum atomic E-state index is -0.244. The summed E-state index contributed by atoms with van der Waals surface area (Å²) in [7, 11) is 0. The van der Waals surface area contributed by atoms with Crippen LogP contribution in [0.3, 0.4) is 0 Å². The zero-order valence-electron chi connectivity index (χ0n) is 17.8. The number of halogens is 1. The molecule has 156 valence electrons. The van der Waals surface area contributed by atoms with Crippen molar-refractivity contribution in [3.63, 3.8) is 0 Å². The quantitative estimate of drug-likeness (QED) is 0.624. The van der Waals surface area contributed by atoms with Crippen molar-refractivity contribution in [3.8, 4) is 0 Å². The molecule has 0 aromatic heterocycles. The SMILES string of the molecule is Cc1ccc(C)c(CN(CC(=O)N2CCS[C@H]2c2ccc(F)cc2)CC(C)C)c1. The number of thioether (sulfide) groups is 1. The van der Waals surface area contributed by atoms with Gasteiger partial charge in [-0.25, -0.2) is 4.39 Å². The molecule has 0 spiro atoms. The molecule has 0 unspecified atom stereocenters. The standard InChI is InChI=1S/C24H31FN2OS/c1-17(2)14-26(15-21-13-18(3)5-6-19(21)4)16-23(28)27-11-12-29-24(27)20-7-9-22(25)10-8-20/h5-10,13,17,24H,11-12,14-16H2,1-4H3/t24-/m0/s1. The maximum Gasteiger partial charge on any atom is 0.237 e. The lowest BCUT2D eigenvalue weighted by Gasteiger charge is -2.29. The summed E-state index contributed by atoms with van der Waals surface area (Å²) in [5.41, 5.74) is 4.78. The summed E-state index contributed by atoms with van der Waals surface area (Å²) in [5.74, 6) is 1.30. The minimum Gasteiger partial charge on any atom is -0.325 e. The average Bonchev–Trinajstić information content (AvgIpc) is 3.14. The summed E-state index contributed by atoms with van der Waals surface area (Å²) in [6.45, 7) is 11.4. The molecular formula is C24H31FN2OS. The highest BCUT2D eigenvalue weighted by atomic mass is 32.2. The minimum absolute atomic E-state index is 0.0234. The average molecular weight is 415 g/mol. The van der Waals surface area contributed by atoms with E-state index in [0.717, 1.165) is 31.0 Å². The van der Waals surface area contributed by atoms with Crippen LogP contribution in [0.5, 0.6) is 0 Å². The van der Waals surface area contributed by atoms with E-state index in [-0.39, 0.29) is 17.1 Å². The number of carbonyl (C=O) groups excluding carboxylic acids is 1. The largest absolute Gasteiger partial charge is 0.325 e. The Hall–Kier alpha value is -1.85. The van der Waals surface area contributed by atoms with Gasteiger partial charge < -0.3 is 4.90 Å². The van der Waals surface area contributed by atoms with Crippen LogP contribution in [0.2, 0.25) is 0 Å². The molecule has 0 saturated carbocycles. The van der Waals surface area contributed by atoms with Gasteiger partial charge in [-0.15, -0.1) is 11.8 Å². The van der Waals surface area contributed by atoms with Crippen LogP contribution < -0.4 is 0 Å². The molecule has 1 atom stereocenters. The van der Waals surface area contributed by atoms with Crippen LogP contribution in [0.1, 0.15) is 41.5 Å². The zero-order valence-corrected chi connectivity index (χ0v) is 18.6. The first-order valence-corrected chi connectivity index (χ1v) is 11.3. The van der Waals surface area contributed by atoms with Crippen LogP contribution in [-0.2, 0) is 11.3 Å². The Morgan fingerprint density at radius 3 is 2.62 bits per heavy atom. The van der Waals surface area contributed by atoms with Crippen molar-refractivity contribution in [2.75, 3.05) is 25.4 Å². The molecule has 1 aliphatic rings. The predicted octanol–water partition coefficient (Wildman–Crippen LogP) is 5.17. The number of rotatable bonds is 7. The molecule has 3 rings (SSSR count). The van der Waals surface area contributed by atoms with Gasteiger partial charge in [0.25, 0.3) is 0 Å². The zero-order chi connectivity index (χ0) is 21.0. The molecule has 1 saturated heterocycles. The second-order valence-corrected chi connectivity index (χ2v) is 9.54. The molecular weight excluding hydrogens is 383 g/mol. The van der Waals surface area contributed by atoms with Gasteiger partial charge in [0.1, 0.15) is 11.2 Å². The number of amides is 1. The Balaban J connectivity index is 1.73. The molecule has 2 aromatic rings. The fourth-order valence-corrected chi connectivity index (χ4v) is 5.10. The van der Waals surface area contributed by atoms with E-state index in [9.17, 15) is 9.18 Å². The fourth-order valence-electron chi connectivity index (χ4n) is 3.82. The number of hydrogen-bond donors (Lipinski definition) is 0. The highest BCUT2D eigenvalue weighted by Gasteiger charge is 2.31. The monoisotopic (exact) mass is 414 g/mol. The van der Waals surface area contributed by atoms with Crippen molar-refractivity contribution in [1.82, 2.24) is 9.80 Å². The maximum absolute atomic E-state index is 13.3. The molecule has 0 N–H and O–H groups in total. The lowest BCUT2D eigenvalue weighted by Crippen LogP contribution is -2.41. The van der Waals surface area contributed by atoms with Crippen molar-refractivity contribution in [2.24, 2.45) is 5.92 Å². The van der Waals surface area contributed by atoms with Gasteiger partial charge in [0, 0.05) is 25.4 Å². The van der Waals surface area contributed by atoms with Gasteiger partial charge in [-0.05, 0) is 48.6 Å². The van der Waals surface area contributed by atoms with E-state index < -0.39 is 0 Å². The fraction of sp³-hybridized carbons (Fsp3) is 0.458. The van der Waals surface area contributed by atoms with Gasteiger partial charge in [0.2, 0.25) is 5.91 Å². The van der Waals surface area contributed by atoms with E-state index in [0.29, 0.717) is 12.5 Å². The van der Waals surface area contributed by atoms with E-state index in [4.69, 9.17) is 0 Å². The number of hydrogen-bond acceptors (Lipinski definition) is 3. The third-order valence-electron chi connectivity index (χ3n) is 5.25. The second kappa shape index (κ2) is 9.77. The molecule has 3 nitrogen and oxygen atoms in total. The van der Waals surface area contributed by atoms with Crippen LogP contribution in [0.25, 0.3) is 0 Å². The second-order valence-electron chi connectivity index (χ2n) is 8.36. The lowest BCUT2D eigenvalue weighted by atomic mass is 10.0. The van der Waals surface area contributed by atoms with Crippen molar-refractivity contribution < 1.29 is 9.18 Å². The van der Waals surface area contributed by atoms with Crippen LogP contribution in [0, 0.1) is 25.6 Å². The van der Waals surface area contributed by atoms with Crippen LogP contribution in [-0.4, -0.2) is 41.1 Å². The summed E-state index contributed by atoms with van der Waals surface area (Å²) in [6, 6.07) is 13.0. The number of aryl methyl sites for hydroxylation is 2. The van der Waals surface area contributed by atoms with Gasteiger partial charge in [-0.3, -0.25) is 9.69 Å². The van der Waals surface area contributed by atoms with E-state index in [1.807, 2.05) is 4.90 Å². The molecule has 0 aliphatic carbocycles. The highest BCUT2D eigenvalue weighted by molar-refractivity contribution is 7.99. The third kappa shape index (κ3) is 5.83. The van der Waals surface area contributed by atoms with Gasteiger partial charge in [0.15, 0.2) is 0 Å². The van der Waals surface area contributed by atoms with Gasteiger partial charge in [-0.2, -0.15) is 0 Å². The smallest absolute Gasteiger partial charge is 0.237 e. The van der Waals surface area contributed by atoms with Crippen molar-refractivity contribution >= 4 is 17.7 Å². The first-order valence-electron chi connectivity index (χ1n) is 10.3. The molecule has 0 bridgehead atoms. The first kappa shape index (κ1) is 21.8. The van der Waals surface area contributed by atoms with Crippen LogP contribution >= 0.6 is 11.8 Å². The Kier molecular flexibility index (Phi) is 7.36. The Morgan fingerprint density at radius 2 is 1.93 bits per heavy atom. The Bertz CT molecular complexity index is 837. The molecule has 1 heterocycles. The molecule has 2 aromatic carbocycles. The molecule has 1 fully saturated rings. The summed E-state index contributed by atoms with van der Waals surface area (Å²) >= 11 is 1.75. The maximum atomic E-state index is 13.3. The Morgan fingerprint density at radius 1 is 1.21 bits per heavy atom. The van der Waals surface area contributed by atoms with E-state index in [2.05, 4.69) is 50.8 Å². The topological polar surface area (TPSA) is 23.6 Å². The summed E-state index contributed by atoms with van der Waals surface area (Å²) in [4.78, 5) is 17.4. The first-order chi connectivity index (χ1) is 13.8. The van der Waals surface area contributed by atoms with Crippen molar-refractivity contribution in [1.29, 1.82) is 0 Å². The summed E-state index contributed by atoms with van der Waals surface area (Å²) < 4.78 is 13.3. The van der Waals surface area contributed by atoms with Gasteiger partial charge in [0.05, 0.1) is 6.54 Å². The normalized spacial score (nSPS) is 16.8. The van der Waals surface area contributed by atoms with E-state index >= 15 is 0 Å². The predicted molar refractivity (Wildman–Crippen MR) is 119 cm³/mol. The van der Waals surface area contributed by atoms with Gasteiger partial charge in [-0.1, -0.05) is 49.7 Å². The van der Waals surface area contributed by atoms with Gasteiger partial charge >= 0.3 is 0 Å². The summed E-state index contributed by atoms with van der Waals surface area (Å²) in [5, 5.41) is -0.0234. The number of benzene rings is 2.